The third-order valence-electron chi connectivity index (χ3n) is 2.90. The van der Waals surface area contributed by atoms with Crippen LogP contribution in [0.4, 0.5) is 0 Å². The molecule has 0 saturated carbocycles. The zero-order valence-electron chi connectivity index (χ0n) is 11.4. The van der Waals surface area contributed by atoms with Crippen LogP contribution in [0, 0.1) is 0 Å². The van der Waals surface area contributed by atoms with Gasteiger partial charge in [0.15, 0.2) is 0 Å². The van der Waals surface area contributed by atoms with E-state index in [1.165, 1.54) is 6.26 Å². The summed E-state index contributed by atoms with van der Waals surface area (Å²) in [5.74, 6) is 0. The normalized spacial score (nSPS) is 22.5. The van der Waals surface area contributed by atoms with Gasteiger partial charge in [-0.25, -0.2) is 26.3 Å². The van der Waals surface area contributed by atoms with Gasteiger partial charge in [-0.05, 0) is 32.4 Å². The molecule has 0 aliphatic carbocycles. The summed E-state index contributed by atoms with van der Waals surface area (Å²) in [5, 5.41) is 0. The molecule has 1 atom stereocenters. The van der Waals surface area contributed by atoms with E-state index >= 15 is 0 Å². The summed E-state index contributed by atoms with van der Waals surface area (Å²) in [7, 11) is -6.28. The molecule has 1 fully saturated rings. The van der Waals surface area contributed by atoms with Crippen molar-refractivity contribution < 1.29 is 16.8 Å². The van der Waals surface area contributed by atoms with Gasteiger partial charge in [-0.15, -0.1) is 0 Å². The van der Waals surface area contributed by atoms with Gasteiger partial charge >= 0.3 is 0 Å². The van der Waals surface area contributed by atoms with E-state index in [0.29, 0.717) is 13.1 Å². The molecule has 2 N–H and O–H groups in total. The second-order valence-corrected chi connectivity index (χ2v) is 8.66. The third kappa shape index (κ3) is 8.53. The molecule has 1 rings (SSSR count). The quantitative estimate of drug-likeness (QED) is 0.584. The zero-order valence-corrected chi connectivity index (χ0v) is 13.1. The predicted molar refractivity (Wildman–Crippen MR) is 74.9 cm³/mol. The molecule has 0 bridgehead atoms. The number of hydrogen-bond donors (Lipinski definition) is 2. The number of sulfonamides is 2. The van der Waals surface area contributed by atoms with Crippen molar-refractivity contribution in [2.24, 2.45) is 0 Å². The number of nitrogens with zero attached hydrogens (tertiary/aromatic N) is 1. The summed E-state index contributed by atoms with van der Waals surface area (Å²) in [6.07, 6.45) is 4.83. The molecule has 1 saturated heterocycles. The van der Waals surface area contributed by atoms with Crippen LogP contribution in [0.5, 0.6) is 0 Å². The molecule has 114 valence electrons. The lowest BCUT2D eigenvalue weighted by Crippen LogP contribution is -2.47. The molecule has 1 aliphatic heterocycles. The summed E-state index contributed by atoms with van der Waals surface area (Å²) in [5.41, 5.74) is 0. The maximum absolute atomic E-state index is 11.2. The highest BCUT2D eigenvalue weighted by molar-refractivity contribution is 7.89. The van der Waals surface area contributed by atoms with Gasteiger partial charge in [0, 0.05) is 19.1 Å². The van der Waals surface area contributed by atoms with Crippen LogP contribution >= 0.6 is 0 Å². The Balaban J connectivity index is 2.27. The highest BCUT2D eigenvalue weighted by Crippen LogP contribution is 2.10. The van der Waals surface area contributed by atoms with Crippen LogP contribution in [0.15, 0.2) is 0 Å². The maximum atomic E-state index is 11.2. The minimum atomic E-state index is -3.16. The Morgan fingerprint density at radius 2 is 1.84 bits per heavy atom. The standard InChI is InChI=1S/C10H23N3O4S2/c1-18(14,15)11-6-4-8-13-7-3-5-10(9-13)12-19(2,16)17/h10-12H,3-9H2,1-2H3. The summed E-state index contributed by atoms with van der Waals surface area (Å²) in [6, 6.07) is -0.0355. The van der Waals surface area contributed by atoms with Crippen LogP contribution < -0.4 is 9.44 Å². The van der Waals surface area contributed by atoms with Gasteiger partial charge in [-0.3, -0.25) is 0 Å². The first-order valence-electron chi connectivity index (χ1n) is 6.30. The van der Waals surface area contributed by atoms with Crippen molar-refractivity contribution >= 4 is 20.0 Å². The molecule has 0 radical (unpaired) electrons. The molecule has 1 heterocycles. The number of piperidine rings is 1. The number of hydrogen-bond acceptors (Lipinski definition) is 5. The molecule has 1 aliphatic rings. The first kappa shape index (κ1) is 16.8. The largest absolute Gasteiger partial charge is 0.302 e. The monoisotopic (exact) mass is 313 g/mol. The van der Waals surface area contributed by atoms with Crippen LogP contribution in [0.1, 0.15) is 19.3 Å². The van der Waals surface area contributed by atoms with E-state index in [0.717, 1.165) is 38.6 Å². The van der Waals surface area contributed by atoms with E-state index in [-0.39, 0.29) is 6.04 Å². The maximum Gasteiger partial charge on any atom is 0.208 e. The van der Waals surface area contributed by atoms with Crippen molar-refractivity contribution in [2.45, 2.75) is 25.3 Å². The van der Waals surface area contributed by atoms with Crippen LogP contribution in [-0.4, -0.2) is 66.5 Å². The smallest absolute Gasteiger partial charge is 0.208 e. The lowest BCUT2D eigenvalue weighted by molar-refractivity contribution is 0.200. The molecule has 0 aromatic carbocycles. The minimum absolute atomic E-state index is 0.0355. The third-order valence-corrected chi connectivity index (χ3v) is 4.39. The van der Waals surface area contributed by atoms with E-state index in [1.54, 1.807) is 0 Å². The van der Waals surface area contributed by atoms with E-state index in [9.17, 15) is 16.8 Å². The molecular weight excluding hydrogens is 290 g/mol. The van der Waals surface area contributed by atoms with Crippen molar-refractivity contribution in [3.8, 4) is 0 Å². The van der Waals surface area contributed by atoms with E-state index < -0.39 is 20.0 Å². The second-order valence-electron chi connectivity index (χ2n) is 5.05. The SMILES string of the molecule is CS(=O)(=O)NCCCN1CCCC(NS(C)(=O)=O)C1. The summed E-state index contributed by atoms with van der Waals surface area (Å²) in [4.78, 5) is 2.16. The van der Waals surface area contributed by atoms with Gasteiger partial charge in [-0.1, -0.05) is 0 Å². The Kier molecular flexibility index (Phi) is 6.18. The Labute approximate surface area is 115 Å². The van der Waals surface area contributed by atoms with Gasteiger partial charge in [0.2, 0.25) is 20.0 Å². The predicted octanol–water partition coefficient (Wildman–Crippen LogP) is -1.06. The Morgan fingerprint density at radius 3 is 2.42 bits per heavy atom. The van der Waals surface area contributed by atoms with Gasteiger partial charge in [0.05, 0.1) is 12.5 Å². The molecule has 19 heavy (non-hydrogen) atoms. The van der Waals surface area contributed by atoms with Crippen LogP contribution in [0.3, 0.4) is 0 Å². The first-order chi connectivity index (χ1) is 8.66. The van der Waals surface area contributed by atoms with Crippen molar-refractivity contribution in [1.82, 2.24) is 14.3 Å². The average molecular weight is 313 g/mol. The molecule has 0 spiro atoms. The zero-order chi connectivity index (χ0) is 14.5. The van der Waals surface area contributed by atoms with E-state index in [2.05, 4.69) is 14.3 Å². The lowest BCUT2D eigenvalue weighted by Gasteiger charge is -2.32. The molecule has 1 unspecified atom stereocenters. The Hall–Kier alpha value is -0.220. The topological polar surface area (TPSA) is 95.6 Å². The van der Waals surface area contributed by atoms with Gasteiger partial charge < -0.3 is 4.90 Å². The second kappa shape index (κ2) is 6.98. The number of rotatable bonds is 7. The van der Waals surface area contributed by atoms with Gasteiger partial charge in [0.25, 0.3) is 0 Å². The number of nitrogens with one attached hydrogen (secondary N) is 2. The molecular formula is C10H23N3O4S2. The van der Waals surface area contributed by atoms with Crippen molar-refractivity contribution in [1.29, 1.82) is 0 Å². The Morgan fingerprint density at radius 1 is 1.16 bits per heavy atom. The van der Waals surface area contributed by atoms with E-state index in [4.69, 9.17) is 0 Å². The number of likely N-dealkylation sites (tertiary alicyclic amines) is 1. The summed E-state index contributed by atoms with van der Waals surface area (Å²) >= 11 is 0. The van der Waals surface area contributed by atoms with Crippen molar-refractivity contribution in [3.63, 3.8) is 0 Å². The molecule has 0 aromatic rings. The van der Waals surface area contributed by atoms with Crippen molar-refractivity contribution in [3.05, 3.63) is 0 Å². The molecule has 0 amide bonds. The highest BCUT2D eigenvalue weighted by atomic mass is 32.2. The van der Waals surface area contributed by atoms with Crippen LogP contribution in [-0.2, 0) is 20.0 Å². The first-order valence-corrected chi connectivity index (χ1v) is 10.1. The Bertz CT molecular complexity index is 475. The van der Waals surface area contributed by atoms with Crippen molar-refractivity contribution in [2.75, 3.05) is 38.7 Å². The fourth-order valence-electron chi connectivity index (χ4n) is 2.22. The fourth-order valence-corrected chi connectivity index (χ4v) is 3.53. The van der Waals surface area contributed by atoms with Gasteiger partial charge in [0.1, 0.15) is 0 Å². The molecule has 7 nitrogen and oxygen atoms in total. The van der Waals surface area contributed by atoms with E-state index in [1.807, 2.05) is 0 Å². The summed E-state index contributed by atoms with van der Waals surface area (Å²) < 4.78 is 49.2. The minimum Gasteiger partial charge on any atom is -0.302 e. The fraction of sp³-hybridized carbons (Fsp3) is 1.00. The average Bonchev–Trinajstić information content (AvgIpc) is 2.21. The van der Waals surface area contributed by atoms with Gasteiger partial charge in [-0.2, -0.15) is 0 Å². The van der Waals surface area contributed by atoms with Crippen LogP contribution in [0.25, 0.3) is 0 Å². The molecule has 9 heteroatoms. The van der Waals surface area contributed by atoms with Crippen LogP contribution in [0.2, 0.25) is 0 Å². The lowest BCUT2D eigenvalue weighted by atomic mass is 10.1. The molecule has 0 aromatic heterocycles. The summed E-state index contributed by atoms with van der Waals surface area (Å²) in [6.45, 7) is 2.80. The highest BCUT2D eigenvalue weighted by Gasteiger charge is 2.21.